The number of nitrogens with one attached hydrogen (secondary N) is 1. The molecule has 2 aliphatic rings. The number of hydrogen-bond acceptors (Lipinski definition) is 5. The van der Waals surface area contributed by atoms with Crippen molar-refractivity contribution >= 4 is 23.9 Å². The van der Waals surface area contributed by atoms with Gasteiger partial charge in [0.15, 0.2) is 0 Å². The molecule has 1 aliphatic heterocycles. The summed E-state index contributed by atoms with van der Waals surface area (Å²) in [4.78, 5) is 49.4. The van der Waals surface area contributed by atoms with Gasteiger partial charge in [-0.05, 0) is 65.2 Å². The van der Waals surface area contributed by atoms with Crippen molar-refractivity contribution in [2.75, 3.05) is 6.54 Å². The molecule has 1 aliphatic carbocycles. The number of carbonyl (C=O) groups is 4. The maximum atomic E-state index is 13.1. The van der Waals surface area contributed by atoms with Crippen molar-refractivity contribution in [3.05, 3.63) is 12.2 Å². The summed E-state index contributed by atoms with van der Waals surface area (Å²) >= 11 is 0. The third kappa shape index (κ3) is 8.16. The number of amides is 3. The van der Waals surface area contributed by atoms with Crippen LogP contribution in [0, 0.1) is 11.8 Å². The smallest absolute Gasteiger partial charge is 0.408 e. The van der Waals surface area contributed by atoms with Gasteiger partial charge in [0.25, 0.3) is 0 Å². The molecular weight excluding hydrogens is 414 g/mol. The van der Waals surface area contributed by atoms with E-state index in [1.807, 2.05) is 12.2 Å². The number of aliphatic carboxylic acids is 1. The first-order chi connectivity index (χ1) is 15.0. The average Bonchev–Trinajstić information content (AvgIpc) is 3.28. The second-order valence-electron chi connectivity index (χ2n) is 9.70. The Balaban J connectivity index is 1.83. The van der Waals surface area contributed by atoms with Gasteiger partial charge in [0.2, 0.25) is 11.8 Å². The van der Waals surface area contributed by atoms with E-state index in [0.29, 0.717) is 25.8 Å². The molecule has 0 bridgehead atoms. The van der Waals surface area contributed by atoms with Crippen molar-refractivity contribution in [2.45, 2.75) is 89.8 Å². The van der Waals surface area contributed by atoms with Crippen LogP contribution in [-0.2, 0) is 19.1 Å². The van der Waals surface area contributed by atoms with Crippen LogP contribution < -0.4 is 11.1 Å². The highest BCUT2D eigenvalue weighted by atomic mass is 16.6. The van der Waals surface area contributed by atoms with Gasteiger partial charge in [0, 0.05) is 6.54 Å². The Morgan fingerprint density at radius 1 is 1.22 bits per heavy atom. The molecule has 2 rings (SSSR count). The molecule has 9 nitrogen and oxygen atoms in total. The maximum Gasteiger partial charge on any atom is 0.408 e. The van der Waals surface area contributed by atoms with Gasteiger partial charge in [-0.2, -0.15) is 0 Å². The van der Waals surface area contributed by atoms with Gasteiger partial charge < -0.3 is 25.8 Å². The summed E-state index contributed by atoms with van der Waals surface area (Å²) < 4.78 is 5.31. The van der Waals surface area contributed by atoms with E-state index in [2.05, 4.69) is 5.32 Å². The van der Waals surface area contributed by atoms with Crippen molar-refractivity contribution in [3.8, 4) is 0 Å². The molecule has 0 spiro atoms. The van der Waals surface area contributed by atoms with Crippen molar-refractivity contribution in [3.63, 3.8) is 0 Å². The standard InChI is InChI=1S/C23H37N3O6/c1-23(2,3)32-22(31)25-17(20(28)26-13-9-12-18(26)19(24)27)11-8-6-4-5-7-10-15-14-16(15)21(29)30/h7,10,15-18H,4-6,8-9,11-14H2,1-3H3,(H2,24,27)(H,25,31)(H,29,30)/b10-7-/t15-,16+,17+,18+/m1/s1. The Labute approximate surface area is 189 Å². The number of allylic oxidation sites excluding steroid dienone is 2. The van der Waals surface area contributed by atoms with Crippen LogP contribution in [-0.4, -0.2) is 58.1 Å². The second kappa shape index (κ2) is 11.3. The molecule has 1 saturated heterocycles. The van der Waals surface area contributed by atoms with Crippen LogP contribution in [0.4, 0.5) is 4.79 Å². The van der Waals surface area contributed by atoms with Crippen LogP contribution in [0.2, 0.25) is 0 Å². The predicted molar refractivity (Wildman–Crippen MR) is 119 cm³/mol. The summed E-state index contributed by atoms with van der Waals surface area (Å²) in [6.07, 6.45) is 9.06. The Kier molecular flexibility index (Phi) is 9.09. The molecule has 0 aromatic rings. The highest BCUT2D eigenvalue weighted by Gasteiger charge is 2.41. The highest BCUT2D eigenvalue weighted by Crippen LogP contribution is 2.39. The van der Waals surface area contributed by atoms with E-state index in [4.69, 9.17) is 15.6 Å². The van der Waals surface area contributed by atoms with Gasteiger partial charge in [-0.3, -0.25) is 14.4 Å². The van der Waals surface area contributed by atoms with Gasteiger partial charge in [-0.25, -0.2) is 4.79 Å². The number of nitrogens with zero attached hydrogens (tertiary/aromatic N) is 1. The summed E-state index contributed by atoms with van der Waals surface area (Å²) in [5, 5.41) is 11.6. The topological polar surface area (TPSA) is 139 Å². The summed E-state index contributed by atoms with van der Waals surface area (Å²) in [5.74, 6) is -1.63. The summed E-state index contributed by atoms with van der Waals surface area (Å²) in [6, 6.07) is -1.41. The van der Waals surface area contributed by atoms with E-state index in [9.17, 15) is 19.2 Å². The molecule has 4 atom stereocenters. The monoisotopic (exact) mass is 451 g/mol. The molecule has 2 fully saturated rings. The summed E-state index contributed by atoms with van der Waals surface area (Å²) in [7, 11) is 0. The molecule has 1 saturated carbocycles. The first-order valence-corrected chi connectivity index (χ1v) is 11.5. The molecule has 3 amide bonds. The van der Waals surface area contributed by atoms with Crippen molar-refractivity contribution in [2.24, 2.45) is 17.6 Å². The fraction of sp³-hybridized carbons (Fsp3) is 0.739. The van der Waals surface area contributed by atoms with Gasteiger partial charge in [-0.15, -0.1) is 0 Å². The molecule has 180 valence electrons. The average molecular weight is 452 g/mol. The second-order valence-corrected chi connectivity index (χ2v) is 9.70. The van der Waals surface area contributed by atoms with Gasteiger partial charge in [0.1, 0.15) is 17.7 Å². The van der Waals surface area contributed by atoms with Crippen LogP contribution >= 0.6 is 0 Å². The third-order valence-corrected chi connectivity index (χ3v) is 5.76. The van der Waals surface area contributed by atoms with Gasteiger partial charge >= 0.3 is 12.1 Å². The quantitative estimate of drug-likeness (QED) is 0.326. The SMILES string of the molecule is CC(C)(C)OC(=O)N[C@@H](CCCCC/C=C\[C@@H]1C[C@@H]1C(=O)O)C(=O)N1CCC[C@H]1C(N)=O. The number of carbonyl (C=O) groups excluding carboxylic acids is 3. The molecule has 0 radical (unpaired) electrons. The van der Waals surface area contributed by atoms with Crippen molar-refractivity contribution < 1.29 is 29.0 Å². The lowest BCUT2D eigenvalue weighted by Gasteiger charge is -2.28. The van der Waals surface area contributed by atoms with Crippen LogP contribution in [0.1, 0.15) is 72.1 Å². The fourth-order valence-corrected chi connectivity index (χ4v) is 4.00. The van der Waals surface area contributed by atoms with Crippen LogP contribution in [0.15, 0.2) is 12.2 Å². The van der Waals surface area contributed by atoms with Crippen LogP contribution in [0.25, 0.3) is 0 Å². The van der Waals surface area contributed by atoms with Gasteiger partial charge in [0.05, 0.1) is 5.92 Å². The Hall–Kier alpha value is -2.58. The van der Waals surface area contributed by atoms with Crippen molar-refractivity contribution in [1.29, 1.82) is 0 Å². The largest absolute Gasteiger partial charge is 0.481 e. The van der Waals surface area contributed by atoms with E-state index >= 15 is 0 Å². The number of nitrogens with two attached hydrogens (primary N) is 1. The lowest BCUT2D eigenvalue weighted by atomic mass is 10.0. The number of alkyl carbamates (subject to hydrolysis) is 1. The number of primary amides is 1. The van der Waals surface area contributed by atoms with Gasteiger partial charge in [-0.1, -0.05) is 25.0 Å². The Morgan fingerprint density at radius 2 is 1.94 bits per heavy atom. The molecule has 4 N–H and O–H groups in total. The minimum atomic E-state index is -0.775. The van der Waals surface area contributed by atoms with E-state index in [0.717, 1.165) is 32.1 Å². The first kappa shape index (κ1) is 25.7. The molecule has 9 heteroatoms. The molecule has 0 aromatic heterocycles. The number of hydrogen-bond donors (Lipinski definition) is 3. The Morgan fingerprint density at radius 3 is 2.53 bits per heavy atom. The molecule has 0 unspecified atom stereocenters. The molecule has 32 heavy (non-hydrogen) atoms. The van der Waals surface area contributed by atoms with Crippen LogP contribution in [0.5, 0.6) is 0 Å². The van der Waals surface area contributed by atoms with Crippen LogP contribution in [0.3, 0.4) is 0 Å². The first-order valence-electron chi connectivity index (χ1n) is 11.5. The fourth-order valence-electron chi connectivity index (χ4n) is 4.00. The number of carboxylic acids is 1. The number of rotatable bonds is 11. The number of unbranched alkanes of at least 4 members (excludes halogenated alkanes) is 3. The number of ether oxygens (including phenoxy) is 1. The molecule has 0 aromatic carbocycles. The third-order valence-electron chi connectivity index (χ3n) is 5.76. The van der Waals surface area contributed by atoms with E-state index in [-0.39, 0.29) is 17.7 Å². The normalized spacial score (nSPS) is 23.7. The van der Waals surface area contributed by atoms with E-state index < -0.39 is 35.7 Å². The highest BCUT2D eigenvalue weighted by molar-refractivity contribution is 5.91. The lowest BCUT2D eigenvalue weighted by Crippen LogP contribution is -2.53. The lowest BCUT2D eigenvalue weighted by molar-refractivity contribution is -0.139. The van der Waals surface area contributed by atoms with E-state index in [1.165, 1.54) is 4.90 Å². The number of likely N-dealkylation sites (tertiary alicyclic amines) is 1. The maximum absolute atomic E-state index is 13.1. The molecular formula is C23H37N3O6. The van der Waals surface area contributed by atoms with Crippen molar-refractivity contribution in [1.82, 2.24) is 10.2 Å². The summed E-state index contributed by atoms with van der Waals surface area (Å²) in [5.41, 5.74) is 4.76. The zero-order valence-corrected chi connectivity index (χ0v) is 19.3. The van der Waals surface area contributed by atoms with E-state index in [1.54, 1.807) is 20.8 Å². The predicted octanol–water partition coefficient (Wildman–Crippen LogP) is 2.58. The zero-order chi connectivity index (χ0) is 23.9. The number of carboxylic acid groups (broad SMARTS) is 1. The molecule has 1 heterocycles. The summed E-state index contributed by atoms with van der Waals surface area (Å²) in [6.45, 7) is 5.70. The zero-order valence-electron chi connectivity index (χ0n) is 19.3. The minimum Gasteiger partial charge on any atom is -0.481 e. The Bertz CT molecular complexity index is 730. The minimum absolute atomic E-state index is 0.159.